The Balaban J connectivity index is 2.15. The zero-order valence-corrected chi connectivity index (χ0v) is 9.54. The van der Waals surface area contributed by atoms with Gasteiger partial charge in [-0.05, 0) is 11.6 Å². The van der Waals surface area contributed by atoms with E-state index in [4.69, 9.17) is 15.6 Å². The normalized spacial score (nSPS) is 10.0. The minimum Gasteiger partial charge on any atom is -0.478 e. The molecule has 92 valence electrons. The molecule has 0 saturated carbocycles. The lowest BCUT2D eigenvalue weighted by molar-refractivity contribution is 0.0697. The first-order chi connectivity index (χ1) is 8.68. The topological polar surface area (TPSA) is 85.4 Å². The summed E-state index contributed by atoms with van der Waals surface area (Å²) in [5.41, 5.74) is 6.67. The van der Waals surface area contributed by atoms with Gasteiger partial charge < -0.3 is 15.6 Å². The van der Waals surface area contributed by atoms with Crippen molar-refractivity contribution in [1.82, 2.24) is 4.98 Å². The molecular formula is C13H12N2O3. The van der Waals surface area contributed by atoms with Crippen molar-refractivity contribution in [1.29, 1.82) is 0 Å². The maximum Gasteiger partial charge on any atom is 0.338 e. The van der Waals surface area contributed by atoms with Gasteiger partial charge in [-0.25, -0.2) is 9.78 Å². The first kappa shape index (κ1) is 11.9. The molecule has 0 saturated heterocycles. The fraction of sp³-hybridized carbons (Fsp3) is 0.0769. The highest BCUT2D eigenvalue weighted by Crippen LogP contribution is 2.23. The minimum atomic E-state index is -1.10. The van der Waals surface area contributed by atoms with Gasteiger partial charge in [-0.3, -0.25) is 0 Å². The molecule has 18 heavy (non-hydrogen) atoms. The van der Waals surface area contributed by atoms with Crippen LogP contribution in [0.25, 0.3) is 0 Å². The number of benzene rings is 1. The van der Waals surface area contributed by atoms with Crippen molar-refractivity contribution < 1.29 is 14.6 Å². The summed E-state index contributed by atoms with van der Waals surface area (Å²) in [5.74, 6) is -0.960. The largest absolute Gasteiger partial charge is 0.478 e. The standard InChI is InChI=1S/C13H12N2O3/c14-11-10(13(16)17)6-7-15-12(11)18-8-9-4-2-1-3-5-9/h1-7H,8,14H2,(H,16,17). The molecule has 0 fully saturated rings. The third-order valence-electron chi connectivity index (χ3n) is 2.40. The van der Waals surface area contributed by atoms with E-state index in [1.54, 1.807) is 0 Å². The van der Waals surface area contributed by atoms with E-state index in [9.17, 15) is 4.79 Å². The Hall–Kier alpha value is -2.56. The Kier molecular flexibility index (Phi) is 3.43. The maximum absolute atomic E-state index is 10.9. The number of aromatic nitrogens is 1. The second kappa shape index (κ2) is 5.18. The molecule has 0 spiro atoms. The number of carboxylic acid groups (broad SMARTS) is 1. The molecule has 1 heterocycles. The Bertz CT molecular complexity index is 555. The lowest BCUT2D eigenvalue weighted by Crippen LogP contribution is -2.07. The van der Waals surface area contributed by atoms with Crippen LogP contribution in [-0.4, -0.2) is 16.1 Å². The lowest BCUT2D eigenvalue weighted by Gasteiger charge is -2.09. The molecule has 0 atom stereocenters. The number of rotatable bonds is 4. The van der Waals surface area contributed by atoms with Crippen molar-refractivity contribution in [2.24, 2.45) is 0 Å². The third-order valence-corrected chi connectivity index (χ3v) is 2.40. The van der Waals surface area contributed by atoms with Gasteiger partial charge in [0.1, 0.15) is 12.3 Å². The number of hydrogen-bond acceptors (Lipinski definition) is 4. The number of carbonyl (C=O) groups is 1. The van der Waals surface area contributed by atoms with Crippen molar-refractivity contribution in [2.45, 2.75) is 6.61 Å². The van der Waals surface area contributed by atoms with E-state index in [0.717, 1.165) is 5.56 Å². The van der Waals surface area contributed by atoms with E-state index in [-0.39, 0.29) is 17.1 Å². The third kappa shape index (κ3) is 2.57. The van der Waals surface area contributed by atoms with Crippen LogP contribution < -0.4 is 10.5 Å². The van der Waals surface area contributed by atoms with Crippen LogP contribution in [0.15, 0.2) is 42.6 Å². The molecule has 0 aliphatic carbocycles. The molecule has 2 aromatic rings. The predicted molar refractivity (Wildman–Crippen MR) is 66.4 cm³/mol. The highest BCUT2D eigenvalue weighted by atomic mass is 16.5. The van der Waals surface area contributed by atoms with Gasteiger partial charge in [-0.15, -0.1) is 0 Å². The summed E-state index contributed by atoms with van der Waals surface area (Å²) in [5, 5.41) is 8.91. The lowest BCUT2D eigenvalue weighted by atomic mass is 10.2. The van der Waals surface area contributed by atoms with Crippen molar-refractivity contribution in [3.63, 3.8) is 0 Å². The van der Waals surface area contributed by atoms with Crippen LogP contribution in [0, 0.1) is 0 Å². The van der Waals surface area contributed by atoms with E-state index in [2.05, 4.69) is 4.98 Å². The number of anilines is 1. The smallest absolute Gasteiger partial charge is 0.338 e. The van der Waals surface area contributed by atoms with Crippen molar-refractivity contribution in [2.75, 3.05) is 5.73 Å². The highest BCUT2D eigenvalue weighted by molar-refractivity contribution is 5.94. The zero-order valence-electron chi connectivity index (χ0n) is 9.54. The van der Waals surface area contributed by atoms with E-state index < -0.39 is 5.97 Å². The molecule has 0 amide bonds. The summed E-state index contributed by atoms with van der Waals surface area (Å²) in [7, 11) is 0. The molecule has 2 rings (SSSR count). The summed E-state index contributed by atoms with van der Waals surface area (Å²) < 4.78 is 5.41. The van der Waals surface area contributed by atoms with Crippen LogP contribution in [0.3, 0.4) is 0 Å². The minimum absolute atomic E-state index is 0.00642. The first-order valence-corrected chi connectivity index (χ1v) is 5.33. The van der Waals surface area contributed by atoms with Gasteiger partial charge in [-0.2, -0.15) is 0 Å². The molecule has 1 aromatic carbocycles. The van der Waals surface area contributed by atoms with Gasteiger partial charge in [0.25, 0.3) is 0 Å². The summed E-state index contributed by atoms with van der Waals surface area (Å²) in [6.07, 6.45) is 1.36. The zero-order chi connectivity index (χ0) is 13.0. The van der Waals surface area contributed by atoms with Crippen LogP contribution in [-0.2, 0) is 6.61 Å². The van der Waals surface area contributed by atoms with E-state index >= 15 is 0 Å². The Morgan fingerprint density at radius 2 is 2.00 bits per heavy atom. The van der Waals surface area contributed by atoms with Crippen LogP contribution >= 0.6 is 0 Å². The molecule has 0 unspecified atom stereocenters. The van der Waals surface area contributed by atoms with Crippen molar-refractivity contribution in [3.8, 4) is 5.88 Å². The monoisotopic (exact) mass is 244 g/mol. The number of ether oxygens (including phenoxy) is 1. The molecule has 0 aliphatic heterocycles. The van der Waals surface area contributed by atoms with E-state index in [1.165, 1.54) is 12.3 Å². The summed E-state index contributed by atoms with van der Waals surface area (Å²) in [4.78, 5) is 14.8. The molecule has 0 aliphatic rings. The molecule has 1 aromatic heterocycles. The van der Waals surface area contributed by atoms with Gasteiger partial charge in [-0.1, -0.05) is 30.3 Å². The number of aromatic carboxylic acids is 1. The fourth-order valence-electron chi connectivity index (χ4n) is 1.48. The van der Waals surface area contributed by atoms with Crippen LogP contribution in [0.5, 0.6) is 5.88 Å². The molecule has 0 bridgehead atoms. The van der Waals surface area contributed by atoms with Gasteiger partial charge in [0.05, 0.1) is 5.56 Å². The SMILES string of the molecule is Nc1c(C(=O)O)ccnc1OCc1ccccc1. The second-order valence-corrected chi connectivity index (χ2v) is 3.66. The quantitative estimate of drug-likeness (QED) is 0.858. The average molecular weight is 244 g/mol. The predicted octanol–water partition coefficient (Wildman–Crippen LogP) is 1.94. The number of nitrogens with zero attached hydrogens (tertiary/aromatic N) is 1. The number of carboxylic acids is 1. The van der Waals surface area contributed by atoms with Crippen LogP contribution in [0.4, 0.5) is 5.69 Å². The van der Waals surface area contributed by atoms with Gasteiger partial charge in [0.2, 0.25) is 5.88 Å². The summed E-state index contributed by atoms with van der Waals surface area (Å²) in [6, 6.07) is 10.8. The Morgan fingerprint density at radius 1 is 1.28 bits per heavy atom. The first-order valence-electron chi connectivity index (χ1n) is 5.33. The van der Waals surface area contributed by atoms with Gasteiger partial charge in [0, 0.05) is 6.20 Å². The summed E-state index contributed by atoms with van der Waals surface area (Å²) >= 11 is 0. The number of pyridine rings is 1. The molecule has 0 radical (unpaired) electrons. The molecular weight excluding hydrogens is 232 g/mol. The van der Waals surface area contributed by atoms with Gasteiger partial charge in [0.15, 0.2) is 0 Å². The average Bonchev–Trinajstić information content (AvgIpc) is 2.38. The number of nitrogen functional groups attached to an aromatic ring is 1. The van der Waals surface area contributed by atoms with Crippen LogP contribution in [0.2, 0.25) is 0 Å². The van der Waals surface area contributed by atoms with Gasteiger partial charge >= 0.3 is 5.97 Å². The molecule has 5 nitrogen and oxygen atoms in total. The van der Waals surface area contributed by atoms with E-state index in [1.807, 2.05) is 30.3 Å². The Morgan fingerprint density at radius 3 is 2.67 bits per heavy atom. The summed E-state index contributed by atoms with van der Waals surface area (Å²) in [6.45, 7) is 0.293. The molecule has 3 N–H and O–H groups in total. The Labute approximate surface area is 104 Å². The van der Waals surface area contributed by atoms with E-state index in [0.29, 0.717) is 6.61 Å². The number of nitrogens with two attached hydrogens (primary N) is 1. The van der Waals surface area contributed by atoms with Crippen molar-refractivity contribution in [3.05, 3.63) is 53.7 Å². The molecule has 5 heteroatoms. The maximum atomic E-state index is 10.9. The fourth-order valence-corrected chi connectivity index (χ4v) is 1.48. The number of hydrogen-bond donors (Lipinski definition) is 2. The van der Waals surface area contributed by atoms with Crippen molar-refractivity contribution >= 4 is 11.7 Å². The second-order valence-electron chi connectivity index (χ2n) is 3.66. The highest BCUT2D eigenvalue weighted by Gasteiger charge is 2.13. The van der Waals surface area contributed by atoms with Crippen LogP contribution in [0.1, 0.15) is 15.9 Å².